The molecule has 1 heterocycles. The molecule has 1 aliphatic heterocycles. The zero-order chi connectivity index (χ0) is 22.4. The first-order chi connectivity index (χ1) is 15.5. The van der Waals surface area contributed by atoms with E-state index in [1.807, 2.05) is 54.6 Å². The average molecular weight is 451 g/mol. The highest BCUT2D eigenvalue weighted by molar-refractivity contribution is 7.89. The molecular weight excluding hydrogens is 424 g/mol. The fourth-order valence-corrected chi connectivity index (χ4v) is 5.04. The van der Waals surface area contributed by atoms with Gasteiger partial charge in [0, 0.05) is 25.2 Å². The van der Waals surface area contributed by atoms with Gasteiger partial charge in [-0.1, -0.05) is 54.6 Å². The van der Waals surface area contributed by atoms with Crippen LogP contribution in [-0.2, 0) is 21.2 Å². The number of carbonyl (C=O) groups excluding carboxylic acids is 1. The Hall–Kier alpha value is -3.00. The minimum absolute atomic E-state index is 0.129. The SMILES string of the molecule is O=C(NCCc1ccc(S(=O)(=O)N2CCOCC2)cc1)c1ccc(-c2ccccc2)cc1. The lowest BCUT2D eigenvalue weighted by molar-refractivity contribution is 0.0730. The molecule has 1 aliphatic rings. The Bertz CT molecular complexity index is 1140. The number of hydrogen-bond acceptors (Lipinski definition) is 4. The maximum Gasteiger partial charge on any atom is 0.251 e. The van der Waals surface area contributed by atoms with Crippen molar-refractivity contribution in [3.8, 4) is 11.1 Å². The number of nitrogens with zero attached hydrogens (tertiary/aromatic N) is 1. The largest absolute Gasteiger partial charge is 0.379 e. The van der Waals surface area contributed by atoms with Crippen LogP contribution in [0.25, 0.3) is 11.1 Å². The van der Waals surface area contributed by atoms with E-state index in [1.165, 1.54) is 4.31 Å². The van der Waals surface area contributed by atoms with Crippen LogP contribution in [0.1, 0.15) is 15.9 Å². The molecule has 32 heavy (non-hydrogen) atoms. The molecule has 1 N–H and O–H groups in total. The first kappa shape index (κ1) is 22.2. The maximum atomic E-state index is 12.7. The lowest BCUT2D eigenvalue weighted by Crippen LogP contribution is -2.40. The van der Waals surface area contributed by atoms with E-state index in [2.05, 4.69) is 5.32 Å². The first-order valence-electron chi connectivity index (χ1n) is 10.6. The Labute approximate surface area is 188 Å². The average Bonchev–Trinajstić information content (AvgIpc) is 2.85. The molecule has 0 aromatic heterocycles. The summed E-state index contributed by atoms with van der Waals surface area (Å²) in [7, 11) is -3.49. The number of hydrogen-bond donors (Lipinski definition) is 1. The van der Waals surface area contributed by atoms with Gasteiger partial charge in [0.2, 0.25) is 10.0 Å². The lowest BCUT2D eigenvalue weighted by atomic mass is 10.0. The molecule has 0 bridgehead atoms. The summed E-state index contributed by atoms with van der Waals surface area (Å²) >= 11 is 0. The van der Waals surface area contributed by atoms with Crippen LogP contribution < -0.4 is 5.32 Å². The number of nitrogens with one attached hydrogen (secondary N) is 1. The van der Waals surface area contributed by atoms with E-state index in [0.29, 0.717) is 44.8 Å². The van der Waals surface area contributed by atoms with Crippen molar-refractivity contribution >= 4 is 15.9 Å². The summed E-state index contributed by atoms with van der Waals surface area (Å²) in [4.78, 5) is 12.7. The number of amides is 1. The highest BCUT2D eigenvalue weighted by atomic mass is 32.2. The van der Waals surface area contributed by atoms with Crippen LogP contribution in [0, 0.1) is 0 Å². The Balaban J connectivity index is 1.30. The van der Waals surface area contributed by atoms with Crippen molar-refractivity contribution in [3.05, 3.63) is 90.0 Å². The second-order valence-corrected chi connectivity index (χ2v) is 9.55. The van der Waals surface area contributed by atoms with Gasteiger partial charge in [-0.15, -0.1) is 0 Å². The smallest absolute Gasteiger partial charge is 0.251 e. The Morgan fingerprint density at radius 2 is 1.47 bits per heavy atom. The topological polar surface area (TPSA) is 75.7 Å². The van der Waals surface area contributed by atoms with Crippen LogP contribution in [-0.4, -0.2) is 51.5 Å². The molecule has 166 valence electrons. The van der Waals surface area contributed by atoms with E-state index in [9.17, 15) is 13.2 Å². The highest BCUT2D eigenvalue weighted by Gasteiger charge is 2.26. The third-order valence-corrected chi connectivity index (χ3v) is 7.40. The van der Waals surface area contributed by atoms with Gasteiger partial charge in [0.25, 0.3) is 5.91 Å². The van der Waals surface area contributed by atoms with Gasteiger partial charge in [0.15, 0.2) is 0 Å². The summed E-state index contributed by atoms with van der Waals surface area (Å²) < 4.78 is 32.1. The zero-order valence-corrected chi connectivity index (χ0v) is 18.6. The molecule has 1 saturated heterocycles. The summed E-state index contributed by atoms with van der Waals surface area (Å²) in [6, 6.07) is 24.4. The number of rotatable bonds is 7. The molecule has 0 aliphatic carbocycles. The number of sulfonamides is 1. The molecule has 0 unspecified atom stereocenters. The first-order valence-corrected chi connectivity index (χ1v) is 12.1. The third kappa shape index (κ3) is 5.24. The molecule has 1 amide bonds. The van der Waals surface area contributed by atoms with E-state index < -0.39 is 10.0 Å². The third-order valence-electron chi connectivity index (χ3n) is 5.48. The normalized spacial score (nSPS) is 14.8. The number of ether oxygens (including phenoxy) is 1. The molecule has 0 saturated carbocycles. The highest BCUT2D eigenvalue weighted by Crippen LogP contribution is 2.20. The van der Waals surface area contributed by atoms with Gasteiger partial charge in [0.05, 0.1) is 18.1 Å². The van der Waals surface area contributed by atoms with Crippen molar-refractivity contribution in [2.24, 2.45) is 0 Å². The zero-order valence-electron chi connectivity index (χ0n) is 17.7. The fourth-order valence-electron chi connectivity index (χ4n) is 3.63. The quantitative estimate of drug-likeness (QED) is 0.599. The van der Waals surface area contributed by atoms with Gasteiger partial charge in [0.1, 0.15) is 0 Å². The number of benzene rings is 3. The molecule has 4 rings (SSSR count). The molecular formula is C25H26N2O4S. The van der Waals surface area contributed by atoms with Gasteiger partial charge in [-0.3, -0.25) is 4.79 Å². The van der Waals surface area contributed by atoms with Crippen LogP contribution >= 0.6 is 0 Å². The molecule has 3 aromatic carbocycles. The molecule has 0 atom stereocenters. The van der Waals surface area contributed by atoms with Crippen molar-refractivity contribution in [1.82, 2.24) is 9.62 Å². The van der Waals surface area contributed by atoms with E-state index >= 15 is 0 Å². The van der Waals surface area contributed by atoms with Crippen LogP contribution in [0.5, 0.6) is 0 Å². The van der Waals surface area contributed by atoms with Gasteiger partial charge in [-0.25, -0.2) is 8.42 Å². The van der Waals surface area contributed by atoms with Gasteiger partial charge in [-0.05, 0) is 47.4 Å². The maximum absolute atomic E-state index is 12.7. The van der Waals surface area contributed by atoms with Crippen molar-refractivity contribution in [3.63, 3.8) is 0 Å². The van der Waals surface area contributed by atoms with Crippen LogP contribution in [0.3, 0.4) is 0 Å². The van der Waals surface area contributed by atoms with E-state index in [-0.39, 0.29) is 10.8 Å². The molecule has 7 heteroatoms. The Morgan fingerprint density at radius 3 is 2.12 bits per heavy atom. The number of morpholine rings is 1. The van der Waals surface area contributed by atoms with Crippen LogP contribution in [0.4, 0.5) is 0 Å². The summed E-state index contributed by atoms with van der Waals surface area (Å²) in [5, 5.41) is 2.92. The van der Waals surface area contributed by atoms with Crippen LogP contribution in [0.2, 0.25) is 0 Å². The molecule has 6 nitrogen and oxygen atoms in total. The monoisotopic (exact) mass is 450 g/mol. The fraction of sp³-hybridized carbons (Fsp3) is 0.240. The Kier molecular flexibility index (Phi) is 6.99. The summed E-state index contributed by atoms with van der Waals surface area (Å²) in [5.74, 6) is -0.129. The predicted octanol–water partition coefficient (Wildman–Crippen LogP) is 3.35. The number of carbonyl (C=O) groups is 1. The molecule has 3 aromatic rings. The van der Waals surface area contributed by atoms with Crippen LogP contribution in [0.15, 0.2) is 83.8 Å². The van der Waals surface area contributed by atoms with Crippen molar-refractivity contribution in [2.75, 3.05) is 32.8 Å². The molecule has 0 spiro atoms. The minimum Gasteiger partial charge on any atom is -0.379 e. The lowest BCUT2D eigenvalue weighted by Gasteiger charge is -2.26. The van der Waals surface area contributed by atoms with Crippen molar-refractivity contribution < 1.29 is 17.9 Å². The van der Waals surface area contributed by atoms with Gasteiger partial charge < -0.3 is 10.1 Å². The van der Waals surface area contributed by atoms with Crippen molar-refractivity contribution in [2.45, 2.75) is 11.3 Å². The van der Waals surface area contributed by atoms with Crippen molar-refractivity contribution in [1.29, 1.82) is 0 Å². The molecule has 0 radical (unpaired) electrons. The summed E-state index contributed by atoms with van der Waals surface area (Å²) in [6.45, 7) is 2.07. The second kappa shape index (κ2) is 10.1. The van der Waals surface area contributed by atoms with E-state index in [0.717, 1.165) is 16.7 Å². The van der Waals surface area contributed by atoms with Gasteiger partial charge in [-0.2, -0.15) is 4.31 Å². The van der Waals surface area contributed by atoms with E-state index in [1.54, 1.807) is 24.3 Å². The Morgan fingerprint density at radius 1 is 0.844 bits per heavy atom. The second-order valence-electron chi connectivity index (χ2n) is 7.61. The van der Waals surface area contributed by atoms with E-state index in [4.69, 9.17) is 4.74 Å². The summed E-state index contributed by atoms with van der Waals surface area (Å²) in [6.07, 6.45) is 0.617. The standard InChI is InChI=1S/C25H26N2O4S/c28-25(23-10-8-22(9-11-23)21-4-2-1-3-5-21)26-15-14-20-6-12-24(13-7-20)32(29,30)27-16-18-31-19-17-27/h1-13H,14-19H2,(H,26,28). The minimum atomic E-state index is -3.49. The predicted molar refractivity (Wildman–Crippen MR) is 124 cm³/mol. The summed E-state index contributed by atoms with van der Waals surface area (Å²) in [5.41, 5.74) is 3.75. The van der Waals surface area contributed by atoms with Gasteiger partial charge >= 0.3 is 0 Å². The molecule has 1 fully saturated rings.